The van der Waals surface area contributed by atoms with Crippen LogP contribution in [0.4, 0.5) is 0 Å². The molecule has 1 heterocycles. The van der Waals surface area contributed by atoms with E-state index in [4.69, 9.17) is 16.0 Å². The van der Waals surface area contributed by atoms with Crippen molar-refractivity contribution in [2.45, 2.75) is 5.22 Å². The fraction of sp³-hybridized carbons (Fsp3) is 0.0625. The summed E-state index contributed by atoms with van der Waals surface area (Å²) in [6.45, 7) is 0. The van der Waals surface area contributed by atoms with Gasteiger partial charge in [0.25, 0.3) is 5.22 Å². The highest BCUT2D eigenvalue weighted by Gasteiger charge is 2.12. The summed E-state index contributed by atoms with van der Waals surface area (Å²) in [5.41, 5.74) is 1.43. The number of rotatable bonds is 5. The molecular weight excluding hydrogens is 480 g/mol. The van der Waals surface area contributed by atoms with E-state index in [-0.39, 0.29) is 28.5 Å². The molecule has 3 rings (SSSR count). The van der Waals surface area contributed by atoms with E-state index in [9.17, 15) is 4.79 Å². The highest BCUT2D eigenvalue weighted by atomic mass is 79.9. The van der Waals surface area contributed by atoms with E-state index in [1.807, 2.05) is 24.3 Å². The summed E-state index contributed by atoms with van der Waals surface area (Å²) in [6.07, 6.45) is 0. The Balaban J connectivity index is 0.00000208. The van der Waals surface area contributed by atoms with Gasteiger partial charge in [0.15, 0.2) is 5.78 Å². The van der Waals surface area contributed by atoms with Gasteiger partial charge in [0, 0.05) is 20.6 Å². The number of carbonyl (C=O) groups excluding carboxylic acids is 1. The number of nitrogens with zero attached hydrogens (tertiary/aromatic N) is 2. The second-order valence-electron chi connectivity index (χ2n) is 4.60. The van der Waals surface area contributed by atoms with Crippen molar-refractivity contribution in [2.24, 2.45) is 0 Å². The van der Waals surface area contributed by atoms with E-state index < -0.39 is 0 Å². The Labute approximate surface area is 166 Å². The third-order valence-electron chi connectivity index (χ3n) is 2.97. The van der Waals surface area contributed by atoms with Crippen LogP contribution >= 0.6 is 56.3 Å². The fourth-order valence-corrected chi connectivity index (χ4v) is 3.04. The highest BCUT2D eigenvalue weighted by molar-refractivity contribution is 9.10. The summed E-state index contributed by atoms with van der Waals surface area (Å²) in [6, 6.07) is 14.4. The maximum atomic E-state index is 12.1. The largest absolute Gasteiger partial charge is 0.411 e. The molecule has 0 saturated heterocycles. The van der Waals surface area contributed by atoms with Crippen molar-refractivity contribution in [1.29, 1.82) is 0 Å². The predicted octanol–water partition coefficient (Wildman–Crippen LogP) is 5.71. The Kier molecular flexibility index (Phi) is 7.03. The third kappa shape index (κ3) is 4.92. The monoisotopic (exact) mass is 488 g/mol. The number of hydrogen-bond acceptors (Lipinski definition) is 5. The van der Waals surface area contributed by atoms with E-state index in [0.29, 0.717) is 21.7 Å². The van der Waals surface area contributed by atoms with Crippen LogP contribution in [0.5, 0.6) is 0 Å². The molecule has 2 aromatic carbocycles. The van der Waals surface area contributed by atoms with Gasteiger partial charge in [0.1, 0.15) is 0 Å². The maximum Gasteiger partial charge on any atom is 0.277 e. The van der Waals surface area contributed by atoms with Crippen LogP contribution in [0, 0.1) is 0 Å². The molecule has 24 heavy (non-hydrogen) atoms. The summed E-state index contributed by atoms with van der Waals surface area (Å²) in [4.78, 5) is 12.1. The molecule has 0 amide bonds. The molecule has 3 aromatic rings. The van der Waals surface area contributed by atoms with Crippen LogP contribution in [-0.4, -0.2) is 21.7 Å². The first-order valence-electron chi connectivity index (χ1n) is 6.63. The van der Waals surface area contributed by atoms with Gasteiger partial charge in [0.05, 0.1) is 5.75 Å². The number of benzene rings is 2. The zero-order chi connectivity index (χ0) is 16.2. The van der Waals surface area contributed by atoms with E-state index in [2.05, 4.69) is 26.1 Å². The van der Waals surface area contributed by atoms with Crippen LogP contribution in [-0.2, 0) is 0 Å². The first kappa shape index (κ1) is 19.2. The lowest BCUT2D eigenvalue weighted by molar-refractivity contribution is 0.102. The van der Waals surface area contributed by atoms with Gasteiger partial charge in [-0.05, 0) is 42.5 Å². The average Bonchev–Trinajstić information content (AvgIpc) is 3.02. The minimum atomic E-state index is -0.0196. The van der Waals surface area contributed by atoms with Gasteiger partial charge >= 0.3 is 0 Å². The summed E-state index contributed by atoms with van der Waals surface area (Å²) >= 11 is 10.4. The number of thioether (sulfide) groups is 1. The number of halogens is 3. The van der Waals surface area contributed by atoms with Crippen molar-refractivity contribution in [2.75, 3.05) is 5.75 Å². The molecule has 0 N–H and O–H groups in total. The van der Waals surface area contributed by atoms with Gasteiger partial charge in [-0.2, -0.15) is 0 Å². The second-order valence-corrected chi connectivity index (χ2v) is 6.88. The molecule has 0 aliphatic heterocycles. The highest BCUT2D eigenvalue weighted by Crippen LogP contribution is 2.25. The zero-order valence-corrected chi connectivity index (χ0v) is 17.0. The van der Waals surface area contributed by atoms with E-state index in [1.165, 1.54) is 11.8 Å². The van der Waals surface area contributed by atoms with Gasteiger partial charge in [-0.1, -0.05) is 45.4 Å². The maximum absolute atomic E-state index is 12.1. The molecular formula is C16H11Br2ClN2O2S. The SMILES string of the molecule is Br.O=C(CSc1nnc(-c2cccc(Br)c2)o1)c1ccc(Cl)cc1. The van der Waals surface area contributed by atoms with E-state index >= 15 is 0 Å². The molecule has 0 saturated carbocycles. The smallest absolute Gasteiger partial charge is 0.277 e. The van der Waals surface area contributed by atoms with Gasteiger partial charge in [-0.25, -0.2) is 0 Å². The Morgan fingerprint density at radius 2 is 1.92 bits per heavy atom. The molecule has 124 valence electrons. The molecule has 4 nitrogen and oxygen atoms in total. The lowest BCUT2D eigenvalue weighted by Crippen LogP contribution is -2.01. The van der Waals surface area contributed by atoms with Gasteiger partial charge in [-0.3, -0.25) is 4.79 Å². The second kappa shape index (κ2) is 8.80. The minimum Gasteiger partial charge on any atom is -0.411 e. The summed E-state index contributed by atoms with van der Waals surface area (Å²) < 4.78 is 6.51. The van der Waals surface area contributed by atoms with Gasteiger partial charge in [0.2, 0.25) is 5.89 Å². The van der Waals surface area contributed by atoms with Crippen molar-refractivity contribution in [1.82, 2.24) is 10.2 Å². The van der Waals surface area contributed by atoms with Crippen LogP contribution in [0.1, 0.15) is 10.4 Å². The van der Waals surface area contributed by atoms with Crippen LogP contribution < -0.4 is 0 Å². The third-order valence-corrected chi connectivity index (χ3v) is 4.53. The molecule has 0 aliphatic rings. The van der Waals surface area contributed by atoms with Gasteiger partial charge in [-0.15, -0.1) is 27.2 Å². The van der Waals surface area contributed by atoms with Crippen molar-refractivity contribution in [3.63, 3.8) is 0 Å². The molecule has 0 fully saturated rings. The minimum absolute atomic E-state index is 0. The molecule has 0 bridgehead atoms. The van der Waals surface area contributed by atoms with Crippen molar-refractivity contribution in [3.05, 3.63) is 63.6 Å². The fourth-order valence-electron chi connectivity index (χ4n) is 1.85. The lowest BCUT2D eigenvalue weighted by Gasteiger charge is -1.99. The Bertz CT molecular complexity index is 840. The number of carbonyl (C=O) groups is 1. The standard InChI is InChI=1S/C16H10BrClN2O2S.BrH/c17-12-3-1-2-11(8-12)15-19-20-16(22-15)23-9-14(21)10-4-6-13(18)7-5-10;/h1-8H,9H2;1H. The summed E-state index contributed by atoms with van der Waals surface area (Å²) in [5.74, 6) is 0.628. The van der Waals surface area contributed by atoms with Crippen LogP contribution in [0.3, 0.4) is 0 Å². The topological polar surface area (TPSA) is 56.0 Å². The Morgan fingerprint density at radius 3 is 2.62 bits per heavy atom. The predicted molar refractivity (Wildman–Crippen MR) is 104 cm³/mol. The lowest BCUT2D eigenvalue weighted by atomic mass is 10.1. The molecule has 1 aromatic heterocycles. The molecule has 0 aliphatic carbocycles. The average molecular weight is 491 g/mol. The summed E-state index contributed by atoms with van der Waals surface area (Å²) in [5, 5.41) is 8.93. The normalized spacial score (nSPS) is 10.2. The van der Waals surface area contributed by atoms with Crippen LogP contribution in [0.15, 0.2) is 62.6 Å². The van der Waals surface area contributed by atoms with Crippen molar-refractivity contribution >= 4 is 62.1 Å². The first-order valence-corrected chi connectivity index (χ1v) is 8.78. The van der Waals surface area contributed by atoms with Crippen LogP contribution in [0.25, 0.3) is 11.5 Å². The van der Waals surface area contributed by atoms with Gasteiger partial charge < -0.3 is 4.42 Å². The van der Waals surface area contributed by atoms with Crippen molar-refractivity contribution < 1.29 is 9.21 Å². The molecule has 0 radical (unpaired) electrons. The first-order chi connectivity index (χ1) is 11.1. The number of hydrogen-bond donors (Lipinski definition) is 0. The molecule has 0 atom stereocenters. The Morgan fingerprint density at radius 1 is 1.17 bits per heavy atom. The molecule has 0 spiro atoms. The zero-order valence-electron chi connectivity index (χ0n) is 12.1. The Hall–Kier alpha value is -1.15. The molecule has 8 heteroatoms. The quantitative estimate of drug-likeness (QED) is 0.339. The molecule has 0 unspecified atom stereocenters. The van der Waals surface area contributed by atoms with E-state index in [0.717, 1.165) is 10.0 Å². The van der Waals surface area contributed by atoms with Crippen LogP contribution in [0.2, 0.25) is 5.02 Å². The number of ketones is 1. The van der Waals surface area contributed by atoms with Crippen molar-refractivity contribution in [3.8, 4) is 11.5 Å². The van der Waals surface area contributed by atoms with E-state index in [1.54, 1.807) is 24.3 Å². The number of Topliss-reactive ketones (excluding diaryl/α,β-unsaturated/α-hetero) is 1. The summed E-state index contributed by atoms with van der Waals surface area (Å²) in [7, 11) is 0. The number of aromatic nitrogens is 2.